The lowest BCUT2D eigenvalue weighted by molar-refractivity contribution is -0.121. The number of benzene rings is 2. The summed E-state index contributed by atoms with van der Waals surface area (Å²) in [5.74, 6) is 0.300. The predicted molar refractivity (Wildman–Crippen MR) is 120 cm³/mol. The maximum absolute atomic E-state index is 12.9. The highest BCUT2D eigenvalue weighted by Crippen LogP contribution is 2.27. The minimum absolute atomic E-state index is 0.0647. The first-order valence-corrected chi connectivity index (χ1v) is 12.0. The van der Waals surface area contributed by atoms with Gasteiger partial charge < -0.3 is 5.32 Å². The van der Waals surface area contributed by atoms with Crippen molar-refractivity contribution in [3.8, 4) is 0 Å². The van der Waals surface area contributed by atoms with Crippen molar-refractivity contribution in [3.63, 3.8) is 0 Å². The topological polar surface area (TPSA) is 69.7 Å². The zero-order valence-electron chi connectivity index (χ0n) is 17.9. The number of rotatable bonds is 7. The zero-order valence-corrected chi connectivity index (χ0v) is 18.7. The maximum atomic E-state index is 12.9. The Kier molecular flexibility index (Phi) is 7.28. The highest BCUT2D eigenvalue weighted by Gasteiger charge is 2.31. The first-order chi connectivity index (χ1) is 14.3. The van der Waals surface area contributed by atoms with Crippen molar-refractivity contribution in [2.75, 3.05) is 31.5 Å². The number of carbonyl (C=O) groups is 1. The molecule has 0 radical (unpaired) electrons. The molecule has 0 spiro atoms. The smallest absolute Gasteiger partial charge is 0.243 e. The Morgan fingerprint density at radius 3 is 2.20 bits per heavy atom. The van der Waals surface area contributed by atoms with Crippen LogP contribution in [0.25, 0.3) is 0 Å². The van der Waals surface area contributed by atoms with Gasteiger partial charge in [0.25, 0.3) is 0 Å². The molecule has 0 saturated carbocycles. The summed E-state index contributed by atoms with van der Waals surface area (Å²) in [7, 11) is -3.49. The minimum atomic E-state index is -3.49. The SMILES string of the molecule is CC[C@H](C)c1ccccc1NC(=O)[C@@H](C)N1CCN(S(=O)(=O)c2ccccc2)CC1. The molecule has 1 amide bonds. The predicted octanol–water partition coefficient (Wildman–Crippen LogP) is 3.53. The minimum Gasteiger partial charge on any atom is -0.324 e. The zero-order chi connectivity index (χ0) is 21.7. The second-order valence-electron chi connectivity index (χ2n) is 7.81. The largest absolute Gasteiger partial charge is 0.324 e. The second kappa shape index (κ2) is 9.73. The molecule has 0 bridgehead atoms. The first kappa shape index (κ1) is 22.5. The Balaban J connectivity index is 1.62. The van der Waals surface area contributed by atoms with Crippen LogP contribution in [0.15, 0.2) is 59.5 Å². The number of sulfonamides is 1. The number of anilines is 1. The van der Waals surface area contributed by atoms with Crippen LogP contribution < -0.4 is 5.32 Å². The van der Waals surface area contributed by atoms with Gasteiger partial charge in [-0.15, -0.1) is 0 Å². The average Bonchev–Trinajstić information content (AvgIpc) is 2.79. The van der Waals surface area contributed by atoms with Crippen LogP contribution in [0.3, 0.4) is 0 Å². The summed E-state index contributed by atoms with van der Waals surface area (Å²) >= 11 is 0. The number of amides is 1. The van der Waals surface area contributed by atoms with Crippen LogP contribution in [-0.4, -0.2) is 55.8 Å². The van der Waals surface area contributed by atoms with E-state index in [1.54, 1.807) is 30.3 Å². The van der Waals surface area contributed by atoms with E-state index in [-0.39, 0.29) is 11.9 Å². The van der Waals surface area contributed by atoms with Crippen LogP contribution in [0.1, 0.15) is 38.7 Å². The van der Waals surface area contributed by atoms with Gasteiger partial charge in [0, 0.05) is 31.9 Å². The molecular weight excluding hydrogens is 398 g/mol. The molecule has 0 aliphatic carbocycles. The molecule has 0 unspecified atom stereocenters. The summed E-state index contributed by atoms with van der Waals surface area (Å²) < 4.78 is 27.1. The van der Waals surface area contributed by atoms with Crippen LogP contribution in [0.5, 0.6) is 0 Å². The Morgan fingerprint density at radius 1 is 0.967 bits per heavy atom. The van der Waals surface area contributed by atoms with Crippen molar-refractivity contribution in [1.82, 2.24) is 9.21 Å². The Hall–Kier alpha value is -2.22. The van der Waals surface area contributed by atoms with E-state index < -0.39 is 10.0 Å². The molecular formula is C23H31N3O3S. The van der Waals surface area contributed by atoms with Gasteiger partial charge in [-0.2, -0.15) is 4.31 Å². The summed E-state index contributed by atoms with van der Waals surface area (Å²) in [6, 6.07) is 16.1. The summed E-state index contributed by atoms with van der Waals surface area (Å²) in [5, 5.41) is 3.08. The van der Waals surface area contributed by atoms with Gasteiger partial charge in [0.05, 0.1) is 10.9 Å². The van der Waals surface area contributed by atoms with Crippen LogP contribution >= 0.6 is 0 Å². The monoisotopic (exact) mass is 429 g/mol. The lowest BCUT2D eigenvalue weighted by atomic mass is 9.97. The Labute approximate surface area is 179 Å². The quantitative estimate of drug-likeness (QED) is 0.731. The van der Waals surface area contributed by atoms with Crippen molar-refractivity contribution in [3.05, 3.63) is 60.2 Å². The molecule has 3 rings (SSSR count). The van der Waals surface area contributed by atoms with Gasteiger partial charge in [0.2, 0.25) is 15.9 Å². The lowest BCUT2D eigenvalue weighted by Crippen LogP contribution is -2.53. The van der Waals surface area contributed by atoms with Crippen molar-refractivity contribution in [1.29, 1.82) is 0 Å². The van der Waals surface area contributed by atoms with E-state index in [0.29, 0.717) is 37.0 Å². The van der Waals surface area contributed by atoms with Crippen LogP contribution in [0.4, 0.5) is 5.69 Å². The number of piperazine rings is 1. The molecule has 7 heteroatoms. The third-order valence-electron chi connectivity index (χ3n) is 5.94. The van der Waals surface area contributed by atoms with Crippen molar-refractivity contribution in [2.45, 2.75) is 44.0 Å². The van der Waals surface area contributed by atoms with E-state index in [4.69, 9.17) is 0 Å². The number of nitrogens with zero attached hydrogens (tertiary/aromatic N) is 2. The molecule has 1 N–H and O–H groups in total. The molecule has 1 aliphatic rings. The van der Waals surface area contributed by atoms with Crippen molar-refractivity contribution in [2.24, 2.45) is 0 Å². The summed E-state index contributed by atoms with van der Waals surface area (Å²) in [5.41, 5.74) is 1.99. The number of para-hydroxylation sites is 1. The molecule has 30 heavy (non-hydrogen) atoms. The normalized spacial score (nSPS) is 18.0. The van der Waals surface area contributed by atoms with Gasteiger partial charge in [-0.25, -0.2) is 8.42 Å². The number of hydrogen-bond acceptors (Lipinski definition) is 4. The summed E-state index contributed by atoms with van der Waals surface area (Å²) in [6.07, 6.45) is 1.00. The van der Waals surface area contributed by atoms with Crippen LogP contribution in [0, 0.1) is 0 Å². The summed E-state index contributed by atoms with van der Waals surface area (Å²) in [6.45, 7) is 7.95. The average molecular weight is 430 g/mol. The third kappa shape index (κ3) is 4.91. The maximum Gasteiger partial charge on any atom is 0.243 e. The lowest BCUT2D eigenvalue weighted by Gasteiger charge is -2.36. The van der Waals surface area contributed by atoms with Crippen molar-refractivity contribution >= 4 is 21.6 Å². The van der Waals surface area contributed by atoms with Crippen LogP contribution in [-0.2, 0) is 14.8 Å². The van der Waals surface area contributed by atoms with E-state index >= 15 is 0 Å². The van der Waals surface area contributed by atoms with Crippen molar-refractivity contribution < 1.29 is 13.2 Å². The van der Waals surface area contributed by atoms with Crippen LogP contribution in [0.2, 0.25) is 0 Å². The molecule has 2 atom stereocenters. The van der Waals surface area contributed by atoms with Gasteiger partial charge in [-0.3, -0.25) is 9.69 Å². The van der Waals surface area contributed by atoms with Gasteiger partial charge in [0.1, 0.15) is 0 Å². The number of carbonyl (C=O) groups excluding carboxylic acids is 1. The van der Waals surface area contributed by atoms with E-state index in [1.165, 1.54) is 4.31 Å². The molecule has 6 nitrogen and oxygen atoms in total. The highest BCUT2D eigenvalue weighted by molar-refractivity contribution is 7.89. The van der Waals surface area contributed by atoms with E-state index in [1.807, 2.05) is 30.0 Å². The van der Waals surface area contributed by atoms with Gasteiger partial charge >= 0.3 is 0 Å². The second-order valence-corrected chi connectivity index (χ2v) is 9.75. The standard InChI is InChI=1S/C23H31N3O3S/c1-4-18(2)21-12-8-9-13-22(21)24-23(27)19(3)25-14-16-26(17-15-25)30(28,29)20-10-6-5-7-11-20/h5-13,18-19H,4,14-17H2,1-3H3,(H,24,27)/t18-,19+/m0/s1. The Bertz CT molecular complexity index is 955. The fraction of sp³-hybridized carbons (Fsp3) is 0.435. The molecule has 2 aromatic rings. The first-order valence-electron chi connectivity index (χ1n) is 10.5. The van der Waals surface area contributed by atoms with E-state index in [0.717, 1.165) is 17.7 Å². The fourth-order valence-corrected chi connectivity index (χ4v) is 5.18. The molecule has 1 saturated heterocycles. The van der Waals surface area contributed by atoms with Gasteiger partial charge in [-0.05, 0) is 43.0 Å². The molecule has 0 aromatic heterocycles. The fourth-order valence-electron chi connectivity index (χ4n) is 3.74. The molecule has 1 aliphatic heterocycles. The Morgan fingerprint density at radius 2 is 1.57 bits per heavy atom. The van der Waals surface area contributed by atoms with Gasteiger partial charge in [0.15, 0.2) is 0 Å². The third-order valence-corrected chi connectivity index (χ3v) is 7.86. The highest BCUT2D eigenvalue weighted by atomic mass is 32.2. The van der Waals surface area contributed by atoms with Gasteiger partial charge in [-0.1, -0.05) is 50.2 Å². The van der Waals surface area contributed by atoms with E-state index in [2.05, 4.69) is 25.2 Å². The molecule has 1 fully saturated rings. The number of hydrogen-bond donors (Lipinski definition) is 1. The number of nitrogens with one attached hydrogen (secondary N) is 1. The molecule has 1 heterocycles. The molecule has 162 valence electrons. The molecule has 2 aromatic carbocycles. The summed E-state index contributed by atoms with van der Waals surface area (Å²) in [4.78, 5) is 15.2. The van der Waals surface area contributed by atoms with E-state index in [9.17, 15) is 13.2 Å².